The molecule has 1 aliphatic carbocycles. The van der Waals surface area contributed by atoms with Crippen LogP contribution in [0.5, 0.6) is 0 Å². The van der Waals surface area contributed by atoms with Crippen LogP contribution < -0.4 is 11.1 Å². The minimum Gasteiger partial charge on any atom is -0.349 e. The van der Waals surface area contributed by atoms with Crippen molar-refractivity contribution in [3.63, 3.8) is 0 Å². The van der Waals surface area contributed by atoms with Gasteiger partial charge < -0.3 is 11.1 Å². The number of carbonyl (C=O) groups is 1. The Kier molecular flexibility index (Phi) is 3.71. The summed E-state index contributed by atoms with van der Waals surface area (Å²) in [6.45, 7) is 4.70. The summed E-state index contributed by atoms with van der Waals surface area (Å²) < 4.78 is 0. The largest absolute Gasteiger partial charge is 0.349 e. The van der Waals surface area contributed by atoms with Gasteiger partial charge in [-0.2, -0.15) is 0 Å². The molecule has 0 unspecified atom stereocenters. The van der Waals surface area contributed by atoms with Crippen molar-refractivity contribution in [3.8, 4) is 0 Å². The number of carbonyl (C=O) groups excluding carboxylic acids is 1. The van der Waals surface area contributed by atoms with Crippen molar-refractivity contribution < 1.29 is 4.79 Å². The molecule has 0 aromatic heterocycles. The summed E-state index contributed by atoms with van der Waals surface area (Å²) >= 11 is 0. The number of nitrogens with two attached hydrogens (primary N) is 1. The van der Waals surface area contributed by atoms with E-state index < -0.39 is 0 Å². The summed E-state index contributed by atoms with van der Waals surface area (Å²) in [5.74, 6) is 0.0865. The smallest absolute Gasteiger partial charge is 0.224 e. The predicted octanol–water partition coefficient (Wildman–Crippen LogP) is 1.84. The lowest BCUT2D eigenvalue weighted by molar-refractivity contribution is -0.123. The molecular weight excluding hydrogens is 224 g/mol. The molecule has 0 spiro atoms. The molecule has 0 bridgehead atoms. The molecule has 3 nitrogen and oxygen atoms in total. The van der Waals surface area contributed by atoms with Gasteiger partial charge in [0.05, 0.1) is 12.0 Å². The van der Waals surface area contributed by atoms with Crippen LogP contribution in [-0.2, 0) is 11.2 Å². The van der Waals surface area contributed by atoms with Gasteiger partial charge >= 0.3 is 0 Å². The topological polar surface area (TPSA) is 55.1 Å². The molecule has 2 rings (SSSR count). The Hall–Kier alpha value is -1.35. The molecule has 0 aliphatic heterocycles. The summed E-state index contributed by atoms with van der Waals surface area (Å²) in [5, 5.41) is 3.10. The van der Waals surface area contributed by atoms with E-state index in [0.717, 1.165) is 18.4 Å². The van der Waals surface area contributed by atoms with Crippen molar-refractivity contribution in [2.24, 2.45) is 5.73 Å². The van der Waals surface area contributed by atoms with Crippen LogP contribution in [0.2, 0.25) is 0 Å². The second kappa shape index (κ2) is 5.11. The first-order valence-corrected chi connectivity index (χ1v) is 6.62. The number of amides is 1. The van der Waals surface area contributed by atoms with E-state index in [-0.39, 0.29) is 11.4 Å². The second-order valence-corrected chi connectivity index (χ2v) is 5.48. The molecule has 1 aliphatic rings. The standard InChI is InChI=1S/C15H22N2O/c1-11-4-5-13(8-12(11)2)9-14(18)17-15(10-16)6-3-7-15/h4-5,8H,3,6-7,9-10,16H2,1-2H3,(H,17,18). The molecule has 1 aromatic carbocycles. The van der Waals surface area contributed by atoms with Crippen LogP contribution in [0.4, 0.5) is 0 Å². The molecule has 0 saturated heterocycles. The fourth-order valence-electron chi connectivity index (χ4n) is 2.42. The van der Waals surface area contributed by atoms with Gasteiger partial charge in [-0.3, -0.25) is 4.79 Å². The van der Waals surface area contributed by atoms with Gasteiger partial charge in [0, 0.05) is 6.54 Å². The van der Waals surface area contributed by atoms with Crippen molar-refractivity contribution in [2.75, 3.05) is 6.54 Å². The average molecular weight is 246 g/mol. The highest BCUT2D eigenvalue weighted by molar-refractivity contribution is 5.79. The van der Waals surface area contributed by atoms with Gasteiger partial charge in [-0.25, -0.2) is 0 Å². The molecule has 1 fully saturated rings. The Bertz CT molecular complexity index is 444. The Morgan fingerprint density at radius 1 is 1.33 bits per heavy atom. The number of benzene rings is 1. The zero-order valence-electron chi connectivity index (χ0n) is 11.3. The first kappa shape index (κ1) is 13.1. The van der Waals surface area contributed by atoms with Crippen LogP contribution in [-0.4, -0.2) is 18.0 Å². The quantitative estimate of drug-likeness (QED) is 0.851. The van der Waals surface area contributed by atoms with Gasteiger partial charge in [0.2, 0.25) is 5.91 Å². The van der Waals surface area contributed by atoms with Crippen LogP contribution in [0.25, 0.3) is 0 Å². The highest BCUT2D eigenvalue weighted by atomic mass is 16.1. The molecule has 1 aromatic rings. The molecule has 1 amide bonds. The van der Waals surface area contributed by atoms with E-state index in [1.165, 1.54) is 17.5 Å². The Balaban J connectivity index is 1.96. The first-order chi connectivity index (χ1) is 8.54. The number of nitrogens with one attached hydrogen (secondary N) is 1. The van der Waals surface area contributed by atoms with E-state index in [9.17, 15) is 4.79 Å². The third-order valence-corrected chi connectivity index (χ3v) is 4.04. The lowest BCUT2D eigenvalue weighted by Crippen LogP contribution is -2.58. The Labute approximate surface area is 109 Å². The second-order valence-electron chi connectivity index (χ2n) is 5.48. The lowest BCUT2D eigenvalue weighted by Gasteiger charge is -2.41. The van der Waals surface area contributed by atoms with Crippen LogP contribution in [0.3, 0.4) is 0 Å². The summed E-state index contributed by atoms with van der Waals surface area (Å²) in [5.41, 5.74) is 9.19. The Morgan fingerprint density at radius 2 is 2.06 bits per heavy atom. The van der Waals surface area contributed by atoms with Crippen molar-refractivity contribution in [1.29, 1.82) is 0 Å². The van der Waals surface area contributed by atoms with E-state index in [1.54, 1.807) is 0 Å². The molecule has 1 saturated carbocycles. The van der Waals surface area contributed by atoms with Gasteiger partial charge in [0.1, 0.15) is 0 Å². The first-order valence-electron chi connectivity index (χ1n) is 6.62. The monoisotopic (exact) mass is 246 g/mol. The fraction of sp³-hybridized carbons (Fsp3) is 0.533. The summed E-state index contributed by atoms with van der Waals surface area (Å²) in [7, 11) is 0. The molecule has 0 atom stereocenters. The SMILES string of the molecule is Cc1ccc(CC(=O)NC2(CN)CCC2)cc1C. The van der Waals surface area contributed by atoms with Crippen LogP contribution in [0, 0.1) is 13.8 Å². The molecule has 0 radical (unpaired) electrons. The van der Waals surface area contributed by atoms with Crippen molar-refractivity contribution in [3.05, 3.63) is 34.9 Å². The summed E-state index contributed by atoms with van der Waals surface area (Å²) in [6, 6.07) is 6.18. The van der Waals surface area contributed by atoms with E-state index in [0.29, 0.717) is 13.0 Å². The highest BCUT2D eigenvalue weighted by Crippen LogP contribution is 2.30. The van der Waals surface area contributed by atoms with Gasteiger partial charge in [-0.1, -0.05) is 18.2 Å². The third kappa shape index (κ3) is 2.72. The van der Waals surface area contributed by atoms with Gasteiger partial charge in [0.15, 0.2) is 0 Å². The number of aryl methyl sites for hydroxylation is 2. The predicted molar refractivity (Wildman–Crippen MR) is 73.4 cm³/mol. The lowest BCUT2D eigenvalue weighted by atomic mass is 9.76. The maximum atomic E-state index is 12.0. The summed E-state index contributed by atoms with van der Waals surface area (Å²) in [6.07, 6.45) is 3.65. The van der Waals surface area contributed by atoms with E-state index >= 15 is 0 Å². The van der Waals surface area contributed by atoms with Crippen molar-refractivity contribution in [2.45, 2.75) is 45.1 Å². The average Bonchev–Trinajstić information content (AvgIpc) is 2.29. The summed E-state index contributed by atoms with van der Waals surface area (Å²) in [4.78, 5) is 12.0. The van der Waals surface area contributed by atoms with Crippen molar-refractivity contribution >= 4 is 5.91 Å². The van der Waals surface area contributed by atoms with E-state index in [2.05, 4.69) is 31.3 Å². The maximum Gasteiger partial charge on any atom is 0.224 e. The van der Waals surface area contributed by atoms with Gasteiger partial charge in [0.25, 0.3) is 0 Å². The minimum absolute atomic E-state index is 0.0865. The number of hydrogen-bond donors (Lipinski definition) is 2. The van der Waals surface area contributed by atoms with Crippen molar-refractivity contribution in [1.82, 2.24) is 5.32 Å². The van der Waals surface area contributed by atoms with Gasteiger partial charge in [-0.05, 0) is 49.8 Å². The van der Waals surface area contributed by atoms with Gasteiger partial charge in [-0.15, -0.1) is 0 Å². The maximum absolute atomic E-state index is 12.0. The highest BCUT2D eigenvalue weighted by Gasteiger charge is 2.36. The van der Waals surface area contributed by atoms with E-state index in [4.69, 9.17) is 5.73 Å². The minimum atomic E-state index is -0.114. The van der Waals surface area contributed by atoms with Crippen LogP contribution >= 0.6 is 0 Å². The number of hydrogen-bond acceptors (Lipinski definition) is 2. The normalized spacial score (nSPS) is 17.1. The van der Waals surface area contributed by atoms with E-state index in [1.807, 2.05) is 6.07 Å². The van der Waals surface area contributed by atoms with Crippen LogP contribution in [0.1, 0.15) is 36.0 Å². The Morgan fingerprint density at radius 3 is 2.56 bits per heavy atom. The van der Waals surface area contributed by atoms with Crippen LogP contribution in [0.15, 0.2) is 18.2 Å². The third-order valence-electron chi connectivity index (χ3n) is 4.04. The molecule has 18 heavy (non-hydrogen) atoms. The zero-order chi connectivity index (χ0) is 13.2. The fourth-order valence-corrected chi connectivity index (χ4v) is 2.42. The molecule has 3 N–H and O–H groups in total. The molecule has 0 heterocycles. The molecule has 98 valence electrons. The number of rotatable bonds is 4. The molecular formula is C15H22N2O. The molecule has 3 heteroatoms. The zero-order valence-corrected chi connectivity index (χ0v) is 11.3.